The van der Waals surface area contributed by atoms with Gasteiger partial charge in [-0.3, -0.25) is 9.59 Å². The predicted octanol–water partition coefficient (Wildman–Crippen LogP) is 5.15. The van der Waals surface area contributed by atoms with Crippen LogP contribution in [-0.4, -0.2) is 49.3 Å². The van der Waals surface area contributed by atoms with E-state index in [0.29, 0.717) is 11.8 Å². The summed E-state index contributed by atoms with van der Waals surface area (Å²) >= 11 is 0. The summed E-state index contributed by atoms with van der Waals surface area (Å²) in [7, 11) is 0. The molecule has 0 radical (unpaired) electrons. The summed E-state index contributed by atoms with van der Waals surface area (Å²) in [6.07, 6.45) is 7.99. The summed E-state index contributed by atoms with van der Waals surface area (Å²) in [5.41, 5.74) is 0.502. The third kappa shape index (κ3) is 10.5. The van der Waals surface area contributed by atoms with E-state index in [-0.39, 0.29) is 49.1 Å². The Bertz CT molecular complexity index is 708. The molecule has 206 valence electrons. The predicted molar refractivity (Wildman–Crippen MR) is 134 cm³/mol. The molecule has 0 aromatic carbocycles. The van der Waals surface area contributed by atoms with Crippen molar-refractivity contribution in [1.29, 1.82) is 0 Å². The first-order chi connectivity index (χ1) is 16.8. The van der Waals surface area contributed by atoms with Crippen LogP contribution >= 0.6 is 0 Å². The Labute approximate surface area is 216 Å². The van der Waals surface area contributed by atoms with Gasteiger partial charge >= 0.3 is 23.9 Å². The molecule has 2 fully saturated rings. The zero-order chi connectivity index (χ0) is 26.9. The fourth-order valence-electron chi connectivity index (χ4n) is 5.61. The first-order valence-corrected chi connectivity index (χ1v) is 13.5. The molecule has 8 nitrogen and oxygen atoms in total. The summed E-state index contributed by atoms with van der Waals surface area (Å²) in [4.78, 5) is 47.9. The van der Waals surface area contributed by atoms with Gasteiger partial charge in [-0.25, -0.2) is 9.59 Å². The maximum absolute atomic E-state index is 12.1. The lowest BCUT2D eigenvalue weighted by atomic mass is 9.71. The maximum atomic E-state index is 12.1. The molecule has 0 aromatic rings. The SMILES string of the molecule is CC(OC(=O)CCOC(=O)C(=O)OCCC(=O)OC(C)C1CCCC(C)(C)C1)C1CCCC(C)(C)C1. The minimum atomic E-state index is -1.20. The highest BCUT2D eigenvalue weighted by molar-refractivity contribution is 6.29. The van der Waals surface area contributed by atoms with Crippen LogP contribution in [0.15, 0.2) is 0 Å². The number of hydrogen-bond acceptors (Lipinski definition) is 8. The van der Waals surface area contributed by atoms with E-state index in [1.54, 1.807) is 0 Å². The fraction of sp³-hybridized carbons (Fsp3) is 0.857. The molecule has 36 heavy (non-hydrogen) atoms. The molecule has 4 atom stereocenters. The highest BCUT2D eigenvalue weighted by Crippen LogP contribution is 2.41. The van der Waals surface area contributed by atoms with Crippen molar-refractivity contribution < 1.29 is 38.1 Å². The smallest absolute Gasteiger partial charge is 0.417 e. The van der Waals surface area contributed by atoms with Gasteiger partial charge in [0.25, 0.3) is 0 Å². The quantitative estimate of drug-likeness (QED) is 0.226. The molecular weight excluding hydrogens is 464 g/mol. The van der Waals surface area contributed by atoms with Crippen LogP contribution in [0.2, 0.25) is 0 Å². The van der Waals surface area contributed by atoms with Gasteiger partial charge in [0.2, 0.25) is 0 Å². The molecule has 2 aliphatic carbocycles. The van der Waals surface area contributed by atoms with E-state index < -0.39 is 23.9 Å². The van der Waals surface area contributed by atoms with E-state index in [1.165, 1.54) is 12.8 Å². The van der Waals surface area contributed by atoms with Crippen LogP contribution < -0.4 is 0 Å². The zero-order valence-corrected chi connectivity index (χ0v) is 23.1. The lowest BCUT2D eigenvalue weighted by Crippen LogP contribution is -2.32. The Balaban J connectivity index is 1.58. The Morgan fingerprint density at radius 1 is 0.694 bits per heavy atom. The van der Waals surface area contributed by atoms with Crippen LogP contribution in [0.1, 0.15) is 106 Å². The van der Waals surface area contributed by atoms with E-state index in [1.807, 2.05) is 13.8 Å². The van der Waals surface area contributed by atoms with Crippen LogP contribution in [0.3, 0.4) is 0 Å². The van der Waals surface area contributed by atoms with E-state index >= 15 is 0 Å². The monoisotopic (exact) mass is 510 g/mol. The molecule has 0 spiro atoms. The molecule has 8 heteroatoms. The van der Waals surface area contributed by atoms with Gasteiger partial charge in [0.15, 0.2) is 0 Å². The molecule has 2 rings (SSSR count). The van der Waals surface area contributed by atoms with Crippen molar-refractivity contribution in [1.82, 2.24) is 0 Å². The maximum Gasteiger partial charge on any atom is 0.417 e. The molecular formula is C28H46O8. The van der Waals surface area contributed by atoms with Gasteiger partial charge in [-0.1, -0.05) is 40.5 Å². The fourth-order valence-corrected chi connectivity index (χ4v) is 5.61. The van der Waals surface area contributed by atoms with Crippen LogP contribution in [-0.2, 0) is 38.1 Å². The van der Waals surface area contributed by atoms with Crippen LogP contribution in [0.5, 0.6) is 0 Å². The first-order valence-electron chi connectivity index (χ1n) is 13.5. The van der Waals surface area contributed by atoms with Crippen molar-refractivity contribution >= 4 is 23.9 Å². The van der Waals surface area contributed by atoms with E-state index in [4.69, 9.17) is 18.9 Å². The topological polar surface area (TPSA) is 105 Å². The van der Waals surface area contributed by atoms with Crippen LogP contribution in [0, 0.1) is 22.7 Å². The Morgan fingerprint density at radius 2 is 1.06 bits per heavy atom. The summed E-state index contributed by atoms with van der Waals surface area (Å²) in [5, 5.41) is 0. The first kappa shape index (κ1) is 30.1. The molecule has 2 aliphatic rings. The van der Waals surface area contributed by atoms with Crippen LogP contribution in [0.25, 0.3) is 0 Å². The van der Waals surface area contributed by atoms with Gasteiger partial charge < -0.3 is 18.9 Å². The second kappa shape index (κ2) is 13.4. The largest absolute Gasteiger partial charge is 0.462 e. The number of hydrogen-bond donors (Lipinski definition) is 0. The Morgan fingerprint density at radius 3 is 1.39 bits per heavy atom. The second-order valence-corrected chi connectivity index (χ2v) is 12.2. The molecule has 2 saturated carbocycles. The number of carbonyl (C=O) groups is 4. The lowest BCUT2D eigenvalue weighted by Gasteiger charge is -2.37. The number of rotatable bonds is 10. The summed E-state index contributed by atoms with van der Waals surface area (Å²) < 4.78 is 20.7. The highest BCUT2D eigenvalue weighted by atomic mass is 16.6. The molecule has 0 aromatic heterocycles. The van der Waals surface area contributed by atoms with Crippen molar-refractivity contribution in [3.63, 3.8) is 0 Å². The van der Waals surface area contributed by atoms with Gasteiger partial charge in [0.05, 0.1) is 12.8 Å². The van der Waals surface area contributed by atoms with E-state index in [9.17, 15) is 19.2 Å². The zero-order valence-electron chi connectivity index (χ0n) is 23.1. The molecule has 0 N–H and O–H groups in total. The van der Waals surface area contributed by atoms with Gasteiger partial charge in [-0.15, -0.1) is 0 Å². The van der Waals surface area contributed by atoms with Crippen molar-refractivity contribution in [2.45, 2.75) is 118 Å². The van der Waals surface area contributed by atoms with Crippen LogP contribution in [0.4, 0.5) is 0 Å². The molecule has 0 bridgehead atoms. The average Bonchev–Trinajstić information content (AvgIpc) is 2.77. The molecule has 0 heterocycles. The van der Waals surface area contributed by atoms with Crippen molar-refractivity contribution in [3.8, 4) is 0 Å². The van der Waals surface area contributed by atoms with Crippen molar-refractivity contribution in [2.75, 3.05) is 13.2 Å². The van der Waals surface area contributed by atoms with Crippen molar-refractivity contribution in [3.05, 3.63) is 0 Å². The highest BCUT2D eigenvalue weighted by Gasteiger charge is 2.33. The van der Waals surface area contributed by atoms with E-state index in [2.05, 4.69) is 27.7 Å². The lowest BCUT2D eigenvalue weighted by molar-refractivity contribution is -0.170. The number of carbonyl (C=O) groups excluding carboxylic acids is 4. The molecule has 0 aliphatic heterocycles. The van der Waals surface area contributed by atoms with Gasteiger partial charge in [-0.2, -0.15) is 0 Å². The number of esters is 4. The standard InChI is InChI=1S/C28H46O8/c1-19(21-9-7-13-27(3,4)17-21)35-23(29)11-15-33-25(31)26(32)34-16-12-24(30)36-20(2)22-10-8-14-28(5,6)18-22/h19-22H,7-18H2,1-6H3. The molecule has 4 unspecified atom stereocenters. The van der Waals surface area contributed by atoms with Gasteiger partial charge in [0, 0.05) is 0 Å². The number of ether oxygens (including phenoxy) is 4. The third-order valence-corrected chi connectivity index (χ3v) is 7.69. The summed E-state index contributed by atoms with van der Waals surface area (Å²) in [6.45, 7) is 12.2. The molecule has 0 amide bonds. The summed E-state index contributed by atoms with van der Waals surface area (Å²) in [5.74, 6) is -2.69. The summed E-state index contributed by atoms with van der Waals surface area (Å²) in [6, 6.07) is 0. The minimum Gasteiger partial charge on any atom is -0.462 e. The van der Waals surface area contributed by atoms with Gasteiger partial charge in [0.1, 0.15) is 25.4 Å². The molecule has 0 saturated heterocycles. The normalized spacial score (nSPS) is 24.6. The van der Waals surface area contributed by atoms with E-state index in [0.717, 1.165) is 38.5 Å². The average molecular weight is 511 g/mol. The minimum absolute atomic E-state index is 0.137. The second-order valence-electron chi connectivity index (χ2n) is 12.2. The Kier molecular flexibility index (Phi) is 11.2. The van der Waals surface area contributed by atoms with Gasteiger partial charge in [-0.05, 0) is 75.0 Å². The van der Waals surface area contributed by atoms with Crippen molar-refractivity contribution in [2.24, 2.45) is 22.7 Å². The Hall–Kier alpha value is -2.12. The third-order valence-electron chi connectivity index (χ3n) is 7.69.